The second-order valence-electron chi connectivity index (χ2n) is 2.59. The lowest BCUT2D eigenvalue weighted by Crippen LogP contribution is -2.21. The van der Waals surface area contributed by atoms with Gasteiger partial charge in [0.25, 0.3) is 0 Å². The highest BCUT2D eigenvalue weighted by Gasteiger charge is 2.41. The molecule has 0 aliphatic heterocycles. The smallest absolute Gasteiger partial charge is 0.379 e. The minimum atomic E-state index is -4.90. The molecule has 1 nitrogen and oxygen atoms in total. The van der Waals surface area contributed by atoms with E-state index in [2.05, 4.69) is 0 Å². The number of rotatable bonds is 1. The number of aliphatic hydroxyl groups is 1. The Morgan fingerprint density at radius 1 is 1.29 bits per heavy atom. The summed E-state index contributed by atoms with van der Waals surface area (Å²) < 4.78 is 49.0. The van der Waals surface area contributed by atoms with E-state index in [-0.39, 0.29) is 0 Å². The van der Waals surface area contributed by atoms with Gasteiger partial charge >= 0.3 is 6.18 Å². The first-order valence-corrected chi connectivity index (χ1v) is 3.90. The van der Waals surface area contributed by atoms with Crippen LogP contribution in [0.15, 0.2) is 18.2 Å². The van der Waals surface area contributed by atoms with Gasteiger partial charge in [0.15, 0.2) is 6.10 Å². The summed E-state index contributed by atoms with van der Waals surface area (Å²) in [7, 11) is 0. The van der Waals surface area contributed by atoms with Crippen molar-refractivity contribution < 1.29 is 22.7 Å². The molecule has 0 aromatic heterocycles. The van der Waals surface area contributed by atoms with Crippen molar-refractivity contribution in [1.82, 2.24) is 0 Å². The molecule has 1 aromatic rings. The Labute approximate surface area is 81.9 Å². The lowest BCUT2D eigenvalue weighted by Gasteiger charge is -2.15. The first kappa shape index (κ1) is 11.3. The molecule has 14 heavy (non-hydrogen) atoms. The molecule has 0 bridgehead atoms. The van der Waals surface area contributed by atoms with Crippen LogP contribution in [0.1, 0.15) is 11.7 Å². The van der Waals surface area contributed by atoms with E-state index in [1.165, 1.54) is 0 Å². The molecule has 0 aliphatic carbocycles. The van der Waals surface area contributed by atoms with E-state index in [1.807, 2.05) is 0 Å². The Hall–Kier alpha value is -0.810. The van der Waals surface area contributed by atoms with Crippen LogP contribution in [-0.4, -0.2) is 11.3 Å². The van der Waals surface area contributed by atoms with Crippen molar-refractivity contribution in [2.24, 2.45) is 0 Å². The van der Waals surface area contributed by atoms with Gasteiger partial charge in [0.05, 0.1) is 5.02 Å². The van der Waals surface area contributed by atoms with Crippen molar-refractivity contribution in [1.29, 1.82) is 0 Å². The average Bonchev–Trinajstić information content (AvgIpc) is 2.07. The van der Waals surface area contributed by atoms with Gasteiger partial charge in [0, 0.05) is 5.56 Å². The van der Waals surface area contributed by atoms with Crippen LogP contribution in [0.3, 0.4) is 0 Å². The maximum absolute atomic E-state index is 13.0. The second-order valence-corrected chi connectivity index (χ2v) is 2.99. The minimum absolute atomic E-state index is 0.453. The van der Waals surface area contributed by atoms with Crippen LogP contribution < -0.4 is 0 Å². The van der Waals surface area contributed by atoms with Crippen LogP contribution in [-0.2, 0) is 0 Å². The Kier molecular flexibility index (Phi) is 3.01. The van der Waals surface area contributed by atoms with Gasteiger partial charge in [-0.05, 0) is 6.07 Å². The normalized spacial score (nSPS) is 14.1. The Balaban J connectivity index is 3.14. The van der Waals surface area contributed by atoms with Gasteiger partial charge in [0.1, 0.15) is 5.82 Å². The van der Waals surface area contributed by atoms with Crippen molar-refractivity contribution in [2.45, 2.75) is 12.3 Å². The fourth-order valence-electron chi connectivity index (χ4n) is 0.908. The highest BCUT2D eigenvalue weighted by Crippen LogP contribution is 2.35. The van der Waals surface area contributed by atoms with E-state index in [0.29, 0.717) is 0 Å². The van der Waals surface area contributed by atoms with Gasteiger partial charge in [0.2, 0.25) is 0 Å². The summed E-state index contributed by atoms with van der Waals surface area (Å²) in [5.41, 5.74) is -0.870. The first-order chi connectivity index (χ1) is 6.34. The molecule has 0 saturated heterocycles. The molecule has 0 spiro atoms. The summed E-state index contributed by atoms with van der Waals surface area (Å²) >= 11 is 5.25. The molecule has 1 rings (SSSR count). The summed E-state index contributed by atoms with van der Waals surface area (Å²) in [6, 6.07) is 3.07. The Bertz CT molecular complexity index is 337. The first-order valence-electron chi connectivity index (χ1n) is 3.52. The highest BCUT2D eigenvalue weighted by atomic mass is 35.5. The molecule has 6 heteroatoms. The third-order valence-electron chi connectivity index (χ3n) is 1.59. The monoisotopic (exact) mass is 228 g/mol. The zero-order valence-electron chi connectivity index (χ0n) is 6.65. The number of alkyl halides is 3. The van der Waals surface area contributed by atoms with E-state index in [0.717, 1.165) is 18.2 Å². The maximum atomic E-state index is 13.0. The molecule has 0 amide bonds. The van der Waals surface area contributed by atoms with E-state index in [9.17, 15) is 17.6 Å². The van der Waals surface area contributed by atoms with E-state index in [4.69, 9.17) is 16.7 Å². The number of hydrogen-bond donors (Lipinski definition) is 1. The van der Waals surface area contributed by atoms with Gasteiger partial charge in [-0.1, -0.05) is 23.7 Å². The molecule has 1 N–H and O–H groups in total. The standard InChI is InChI=1S/C8H5ClF4O/c9-5-3-1-2-4(6(5)10)7(14)8(11,12)13/h1-3,7,14H/t7-/m1/s1. The minimum Gasteiger partial charge on any atom is -0.379 e. The van der Waals surface area contributed by atoms with Crippen molar-refractivity contribution in [3.05, 3.63) is 34.6 Å². The Morgan fingerprint density at radius 3 is 2.36 bits per heavy atom. The molecule has 0 radical (unpaired) electrons. The van der Waals surface area contributed by atoms with Gasteiger partial charge < -0.3 is 5.11 Å². The molecular weight excluding hydrogens is 224 g/mol. The summed E-state index contributed by atoms with van der Waals surface area (Å²) in [6.07, 6.45) is -7.74. The van der Waals surface area contributed by atoms with Crippen LogP contribution in [0.25, 0.3) is 0 Å². The van der Waals surface area contributed by atoms with Crippen molar-refractivity contribution >= 4 is 11.6 Å². The average molecular weight is 229 g/mol. The SMILES string of the molecule is O[C@H](c1cccc(Cl)c1F)C(F)(F)F. The lowest BCUT2D eigenvalue weighted by molar-refractivity contribution is -0.207. The number of halogens is 5. The molecule has 78 valence electrons. The molecule has 1 atom stereocenters. The summed E-state index contributed by atoms with van der Waals surface area (Å²) in [5.74, 6) is -1.25. The van der Waals surface area contributed by atoms with Crippen molar-refractivity contribution in [3.63, 3.8) is 0 Å². The molecular formula is C8H5ClF4O. The molecule has 1 aromatic carbocycles. The zero-order chi connectivity index (χ0) is 10.9. The largest absolute Gasteiger partial charge is 0.418 e. The van der Waals surface area contributed by atoms with Gasteiger partial charge in [-0.3, -0.25) is 0 Å². The third-order valence-corrected chi connectivity index (χ3v) is 1.88. The third kappa shape index (κ3) is 2.16. The fraction of sp³-hybridized carbons (Fsp3) is 0.250. The molecule has 0 aliphatic rings. The summed E-state index contributed by atoms with van der Waals surface area (Å²) in [5, 5.41) is 8.29. The van der Waals surface area contributed by atoms with Crippen molar-refractivity contribution in [2.75, 3.05) is 0 Å². The topological polar surface area (TPSA) is 20.2 Å². The lowest BCUT2D eigenvalue weighted by atomic mass is 10.1. The predicted octanol–water partition coefficient (Wildman–Crippen LogP) is 3.07. The number of benzene rings is 1. The van der Waals surface area contributed by atoms with Gasteiger partial charge in [-0.25, -0.2) is 4.39 Å². The molecule has 0 heterocycles. The number of aliphatic hydroxyl groups excluding tert-OH is 1. The van der Waals surface area contributed by atoms with Crippen LogP contribution in [0, 0.1) is 5.82 Å². The zero-order valence-corrected chi connectivity index (χ0v) is 7.40. The number of hydrogen-bond acceptors (Lipinski definition) is 1. The van der Waals surface area contributed by atoms with Crippen LogP contribution >= 0.6 is 11.6 Å². The van der Waals surface area contributed by atoms with Crippen molar-refractivity contribution in [3.8, 4) is 0 Å². The van der Waals surface area contributed by atoms with Crippen LogP contribution in [0.4, 0.5) is 17.6 Å². The highest BCUT2D eigenvalue weighted by molar-refractivity contribution is 6.30. The molecule has 0 unspecified atom stereocenters. The summed E-state index contributed by atoms with van der Waals surface area (Å²) in [4.78, 5) is 0. The summed E-state index contributed by atoms with van der Waals surface area (Å²) in [6.45, 7) is 0. The van der Waals surface area contributed by atoms with Crippen LogP contribution in [0.5, 0.6) is 0 Å². The Morgan fingerprint density at radius 2 is 1.86 bits per heavy atom. The quantitative estimate of drug-likeness (QED) is 0.733. The molecule has 0 fully saturated rings. The van der Waals surface area contributed by atoms with Crippen LogP contribution in [0.2, 0.25) is 5.02 Å². The van der Waals surface area contributed by atoms with E-state index >= 15 is 0 Å². The van der Waals surface area contributed by atoms with E-state index in [1.54, 1.807) is 0 Å². The predicted molar refractivity (Wildman–Crippen MR) is 42.4 cm³/mol. The van der Waals surface area contributed by atoms with Gasteiger partial charge in [-0.2, -0.15) is 13.2 Å². The second kappa shape index (κ2) is 3.74. The van der Waals surface area contributed by atoms with Gasteiger partial charge in [-0.15, -0.1) is 0 Å². The van der Waals surface area contributed by atoms with E-state index < -0.39 is 28.7 Å². The maximum Gasteiger partial charge on any atom is 0.418 e. The molecule has 0 saturated carbocycles. The fourth-order valence-corrected chi connectivity index (χ4v) is 1.09.